The maximum atomic E-state index is 11.9. The highest BCUT2D eigenvalue weighted by Crippen LogP contribution is 2.36. The van der Waals surface area contributed by atoms with Crippen molar-refractivity contribution in [2.45, 2.75) is 52.5 Å². The fourth-order valence-corrected chi connectivity index (χ4v) is 2.83. The van der Waals surface area contributed by atoms with Crippen molar-refractivity contribution >= 4 is 5.91 Å². The topological polar surface area (TPSA) is 38.3 Å². The Hall–Kier alpha value is -1.51. The first-order valence-electron chi connectivity index (χ1n) is 7.43. The summed E-state index contributed by atoms with van der Waals surface area (Å²) in [4.78, 5) is 11.9. The van der Waals surface area contributed by atoms with Gasteiger partial charge in [-0.15, -0.1) is 0 Å². The van der Waals surface area contributed by atoms with Crippen LogP contribution in [0.5, 0.6) is 5.75 Å². The van der Waals surface area contributed by atoms with Crippen LogP contribution in [0.2, 0.25) is 0 Å². The number of benzene rings is 1. The third-order valence-corrected chi connectivity index (χ3v) is 3.92. The molecule has 0 radical (unpaired) electrons. The second-order valence-corrected chi connectivity index (χ2v) is 6.59. The summed E-state index contributed by atoms with van der Waals surface area (Å²) in [7, 11) is 0. The number of ether oxygens (including phenoxy) is 1. The van der Waals surface area contributed by atoms with Crippen LogP contribution in [0, 0.1) is 12.3 Å². The molecule has 1 fully saturated rings. The van der Waals surface area contributed by atoms with Gasteiger partial charge in [-0.25, -0.2) is 0 Å². The predicted octanol–water partition coefficient (Wildman–Crippen LogP) is 3.46. The molecule has 2 rings (SSSR count). The lowest BCUT2D eigenvalue weighted by molar-refractivity contribution is -0.122. The molecular weight excluding hydrogens is 250 g/mol. The van der Waals surface area contributed by atoms with Crippen LogP contribution in [0.25, 0.3) is 0 Å². The summed E-state index contributed by atoms with van der Waals surface area (Å²) >= 11 is 0. The molecule has 0 heterocycles. The highest BCUT2D eigenvalue weighted by atomic mass is 16.5. The Kier molecular flexibility index (Phi) is 4.69. The SMILES string of the molecule is Cc1cccc(OCCC(=O)NC2CCC(C)(C)C2)c1. The minimum Gasteiger partial charge on any atom is -0.493 e. The molecule has 1 aromatic rings. The second-order valence-electron chi connectivity index (χ2n) is 6.59. The van der Waals surface area contributed by atoms with Crippen molar-refractivity contribution in [1.82, 2.24) is 5.32 Å². The molecular formula is C17H25NO2. The van der Waals surface area contributed by atoms with E-state index in [0.29, 0.717) is 24.5 Å². The molecule has 1 unspecified atom stereocenters. The van der Waals surface area contributed by atoms with E-state index in [1.165, 1.54) is 12.0 Å². The van der Waals surface area contributed by atoms with Crippen molar-refractivity contribution in [2.24, 2.45) is 5.41 Å². The van der Waals surface area contributed by atoms with Crippen LogP contribution in [0.1, 0.15) is 45.1 Å². The van der Waals surface area contributed by atoms with Gasteiger partial charge >= 0.3 is 0 Å². The number of amides is 1. The van der Waals surface area contributed by atoms with Crippen LogP contribution < -0.4 is 10.1 Å². The number of carbonyl (C=O) groups is 1. The normalized spacial score (nSPS) is 20.6. The van der Waals surface area contributed by atoms with Crippen molar-refractivity contribution in [3.8, 4) is 5.75 Å². The molecule has 3 heteroatoms. The Morgan fingerprint density at radius 1 is 1.45 bits per heavy atom. The number of hydrogen-bond donors (Lipinski definition) is 1. The van der Waals surface area contributed by atoms with Crippen LogP contribution in [0.15, 0.2) is 24.3 Å². The van der Waals surface area contributed by atoms with Gasteiger partial charge in [-0.1, -0.05) is 26.0 Å². The zero-order valence-electron chi connectivity index (χ0n) is 12.7. The molecule has 1 saturated carbocycles. The monoisotopic (exact) mass is 275 g/mol. The fraction of sp³-hybridized carbons (Fsp3) is 0.588. The van der Waals surface area contributed by atoms with Crippen molar-refractivity contribution in [3.05, 3.63) is 29.8 Å². The van der Waals surface area contributed by atoms with Gasteiger partial charge in [0.05, 0.1) is 13.0 Å². The first-order valence-corrected chi connectivity index (χ1v) is 7.43. The Morgan fingerprint density at radius 2 is 2.25 bits per heavy atom. The van der Waals surface area contributed by atoms with Gasteiger partial charge in [-0.05, 0) is 49.3 Å². The summed E-state index contributed by atoms with van der Waals surface area (Å²) in [5.74, 6) is 0.931. The van der Waals surface area contributed by atoms with Crippen molar-refractivity contribution in [1.29, 1.82) is 0 Å². The molecule has 1 amide bonds. The highest BCUT2D eigenvalue weighted by Gasteiger charge is 2.31. The van der Waals surface area contributed by atoms with Gasteiger partial charge in [0, 0.05) is 6.04 Å². The highest BCUT2D eigenvalue weighted by molar-refractivity contribution is 5.76. The molecule has 1 aromatic carbocycles. The Balaban J connectivity index is 1.68. The smallest absolute Gasteiger partial charge is 0.223 e. The van der Waals surface area contributed by atoms with Gasteiger partial charge in [-0.2, -0.15) is 0 Å². The number of rotatable bonds is 5. The van der Waals surface area contributed by atoms with Crippen molar-refractivity contribution in [2.75, 3.05) is 6.61 Å². The predicted molar refractivity (Wildman–Crippen MR) is 80.9 cm³/mol. The van der Waals surface area contributed by atoms with Crippen molar-refractivity contribution < 1.29 is 9.53 Å². The third-order valence-electron chi connectivity index (χ3n) is 3.92. The van der Waals surface area contributed by atoms with Gasteiger partial charge in [0.1, 0.15) is 5.75 Å². The molecule has 0 bridgehead atoms. The van der Waals surface area contributed by atoms with E-state index in [-0.39, 0.29) is 5.91 Å². The number of aryl methyl sites for hydroxylation is 1. The lowest BCUT2D eigenvalue weighted by atomic mass is 9.92. The molecule has 0 spiro atoms. The average Bonchev–Trinajstić information content (AvgIpc) is 2.68. The summed E-state index contributed by atoms with van der Waals surface area (Å²) < 4.78 is 5.60. The zero-order valence-corrected chi connectivity index (χ0v) is 12.7. The van der Waals surface area contributed by atoms with E-state index in [1.54, 1.807) is 0 Å². The van der Waals surface area contributed by atoms with E-state index in [0.717, 1.165) is 18.6 Å². The first-order chi connectivity index (χ1) is 9.44. The Morgan fingerprint density at radius 3 is 2.90 bits per heavy atom. The van der Waals surface area contributed by atoms with E-state index in [4.69, 9.17) is 4.74 Å². The van der Waals surface area contributed by atoms with Crippen LogP contribution in [0.3, 0.4) is 0 Å². The second kappa shape index (κ2) is 6.29. The summed E-state index contributed by atoms with van der Waals surface area (Å²) in [6, 6.07) is 8.24. The number of nitrogens with one attached hydrogen (secondary N) is 1. The summed E-state index contributed by atoms with van der Waals surface area (Å²) in [5.41, 5.74) is 1.54. The molecule has 1 atom stereocenters. The maximum Gasteiger partial charge on any atom is 0.223 e. The quantitative estimate of drug-likeness (QED) is 0.893. The third kappa shape index (κ3) is 4.55. The van der Waals surface area contributed by atoms with Crippen LogP contribution >= 0.6 is 0 Å². The summed E-state index contributed by atoms with van der Waals surface area (Å²) in [5, 5.41) is 3.11. The van der Waals surface area contributed by atoms with Gasteiger partial charge in [0.2, 0.25) is 5.91 Å². The fourth-order valence-electron chi connectivity index (χ4n) is 2.83. The molecule has 1 aliphatic carbocycles. The summed E-state index contributed by atoms with van der Waals surface area (Å²) in [6.45, 7) is 6.99. The zero-order chi connectivity index (χ0) is 14.6. The lowest BCUT2D eigenvalue weighted by Crippen LogP contribution is -2.34. The van der Waals surface area contributed by atoms with E-state index >= 15 is 0 Å². The number of hydrogen-bond acceptors (Lipinski definition) is 2. The van der Waals surface area contributed by atoms with Gasteiger partial charge in [-0.3, -0.25) is 4.79 Å². The molecule has 0 saturated heterocycles. The molecule has 1 N–H and O–H groups in total. The van der Waals surface area contributed by atoms with E-state index in [9.17, 15) is 4.79 Å². The molecule has 20 heavy (non-hydrogen) atoms. The Labute approximate surface area is 121 Å². The van der Waals surface area contributed by atoms with E-state index < -0.39 is 0 Å². The maximum absolute atomic E-state index is 11.9. The Bertz CT molecular complexity index is 468. The van der Waals surface area contributed by atoms with E-state index in [1.807, 2.05) is 31.2 Å². The van der Waals surface area contributed by atoms with Gasteiger partial charge < -0.3 is 10.1 Å². The van der Waals surface area contributed by atoms with Crippen LogP contribution in [-0.4, -0.2) is 18.6 Å². The standard InChI is InChI=1S/C17H25NO2/c1-13-5-4-6-15(11-13)20-10-8-16(19)18-14-7-9-17(2,3)12-14/h4-6,11,14H,7-10,12H2,1-3H3,(H,18,19). The molecule has 110 valence electrons. The van der Waals surface area contributed by atoms with Crippen LogP contribution in [-0.2, 0) is 4.79 Å². The van der Waals surface area contributed by atoms with Crippen molar-refractivity contribution in [3.63, 3.8) is 0 Å². The molecule has 0 aromatic heterocycles. The minimum atomic E-state index is 0.0975. The van der Waals surface area contributed by atoms with Gasteiger partial charge in [0.15, 0.2) is 0 Å². The average molecular weight is 275 g/mol. The van der Waals surface area contributed by atoms with Crippen LogP contribution in [0.4, 0.5) is 0 Å². The number of carbonyl (C=O) groups excluding carboxylic acids is 1. The molecule has 0 aliphatic heterocycles. The molecule has 1 aliphatic rings. The lowest BCUT2D eigenvalue weighted by Gasteiger charge is -2.17. The van der Waals surface area contributed by atoms with Gasteiger partial charge in [0.25, 0.3) is 0 Å². The first kappa shape index (κ1) is 14.9. The minimum absolute atomic E-state index is 0.0975. The summed E-state index contributed by atoms with van der Waals surface area (Å²) in [6.07, 6.45) is 3.79. The largest absolute Gasteiger partial charge is 0.493 e. The van der Waals surface area contributed by atoms with E-state index in [2.05, 4.69) is 19.2 Å². The molecule has 3 nitrogen and oxygen atoms in total.